The molecule has 0 spiro atoms. The van der Waals surface area contributed by atoms with E-state index in [1.165, 1.54) is 0 Å². The molecule has 8 rings (SSSR count). The number of ether oxygens (including phenoxy) is 3. The van der Waals surface area contributed by atoms with Gasteiger partial charge in [-0.15, -0.1) is 0 Å². The summed E-state index contributed by atoms with van der Waals surface area (Å²) in [4.78, 5) is 62.3. The predicted octanol–water partition coefficient (Wildman–Crippen LogP) is 4.64. The fourth-order valence-electron chi connectivity index (χ4n) is 7.39. The second-order valence-corrected chi connectivity index (χ2v) is 14.7. The van der Waals surface area contributed by atoms with Crippen molar-refractivity contribution in [2.45, 2.75) is 69.7 Å². The highest BCUT2D eigenvalue weighted by Crippen LogP contribution is 2.36. The van der Waals surface area contributed by atoms with Crippen molar-refractivity contribution in [3.8, 4) is 11.5 Å². The molecule has 3 aliphatic heterocycles. The van der Waals surface area contributed by atoms with Gasteiger partial charge in [0.15, 0.2) is 0 Å². The molecule has 1 saturated carbocycles. The van der Waals surface area contributed by atoms with Crippen molar-refractivity contribution in [1.82, 2.24) is 20.2 Å². The first kappa shape index (κ1) is 35.2. The number of amides is 4. The third-order valence-corrected chi connectivity index (χ3v) is 10.7. The largest absolute Gasteiger partial charge is 0.490 e. The van der Waals surface area contributed by atoms with Gasteiger partial charge in [-0.3, -0.25) is 29.4 Å². The summed E-state index contributed by atoms with van der Waals surface area (Å²) in [7, 11) is 0. The highest BCUT2D eigenvalue weighted by molar-refractivity contribution is 6.23. The lowest BCUT2D eigenvalue weighted by molar-refractivity contribution is -0.136. The zero-order valence-corrected chi connectivity index (χ0v) is 30.2. The number of fused-ring (bicyclic) bond motifs is 1. The van der Waals surface area contributed by atoms with Gasteiger partial charge in [-0.05, 0) is 66.1 Å². The van der Waals surface area contributed by atoms with Crippen LogP contribution in [0.2, 0.25) is 0 Å². The topological polar surface area (TPSA) is 152 Å². The van der Waals surface area contributed by atoms with E-state index in [-0.39, 0.29) is 41.5 Å². The van der Waals surface area contributed by atoms with E-state index >= 15 is 0 Å². The Balaban J connectivity index is 0.815. The first-order valence-corrected chi connectivity index (χ1v) is 18.4. The average Bonchev–Trinajstić information content (AvgIpc) is 3.42. The minimum absolute atomic E-state index is 0.0443. The monoisotopic (exact) mass is 730 g/mol. The molecule has 54 heavy (non-hydrogen) atoms. The summed E-state index contributed by atoms with van der Waals surface area (Å²) in [6, 6.07) is 22.5. The number of carbonyl (C=O) groups is 4. The van der Waals surface area contributed by atoms with E-state index in [1.54, 1.807) is 24.4 Å². The van der Waals surface area contributed by atoms with Gasteiger partial charge in [0.1, 0.15) is 30.3 Å². The predicted molar refractivity (Wildman–Crippen MR) is 199 cm³/mol. The van der Waals surface area contributed by atoms with E-state index < -0.39 is 29.7 Å². The number of hydrogen-bond acceptors (Lipinski definition) is 11. The van der Waals surface area contributed by atoms with E-state index in [4.69, 9.17) is 14.2 Å². The van der Waals surface area contributed by atoms with Gasteiger partial charge in [-0.25, -0.2) is 9.97 Å². The third-order valence-electron chi connectivity index (χ3n) is 10.7. The Labute approximate surface area is 313 Å². The maximum absolute atomic E-state index is 13.2. The SMILES string of the molecule is CC(C)(c1ccc(OCc2ccnc(N3CCOCC3)n2)cc1)c1ccc(O[C@H]2C[C@H](Nc3ccc4c(c3)C(=O)N(C3CCC(=O)NC3=O)C4=O)C2)cc1. The van der Waals surface area contributed by atoms with E-state index in [1.807, 2.05) is 30.3 Å². The maximum atomic E-state index is 13.2. The summed E-state index contributed by atoms with van der Waals surface area (Å²) in [5.41, 5.74) is 4.14. The molecule has 0 radical (unpaired) electrons. The Bertz CT molecular complexity index is 2070. The van der Waals surface area contributed by atoms with Crippen molar-refractivity contribution in [3.63, 3.8) is 0 Å². The molecule has 4 amide bonds. The zero-order valence-electron chi connectivity index (χ0n) is 30.2. The van der Waals surface area contributed by atoms with Crippen LogP contribution in [-0.2, 0) is 26.3 Å². The van der Waals surface area contributed by atoms with Gasteiger partial charge >= 0.3 is 0 Å². The number of nitrogens with one attached hydrogen (secondary N) is 2. The van der Waals surface area contributed by atoms with Crippen molar-refractivity contribution >= 4 is 35.3 Å². The fraction of sp³-hybridized carbons (Fsp3) is 0.366. The number of rotatable bonds is 11. The number of imide groups is 2. The molecule has 4 aromatic rings. The molecule has 1 unspecified atom stereocenters. The van der Waals surface area contributed by atoms with Crippen LogP contribution in [0.25, 0.3) is 0 Å². The van der Waals surface area contributed by atoms with Gasteiger partial charge in [0.25, 0.3) is 11.8 Å². The Morgan fingerprint density at radius 3 is 2.26 bits per heavy atom. The Morgan fingerprint density at radius 1 is 0.870 bits per heavy atom. The molecule has 2 saturated heterocycles. The molecule has 0 bridgehead atoms. The Morgan fingerprint density at radius 2 is 1.56 bits per heavy atom. The van der Waals surface area contributed by atoms with Crippen molar-refractivity contribution in [3.05, 3.63) is 107 Å². The second-order valence-electron chi connectivity index (χ2n) is 14.7. The molecule has 13 nitrogen and oxygen atoms in total. The molecule has 13 heteroatoms. The van der Waals surface area contributed by atoms with Gasteiger partial charge in [-0.2, -0.15) is 0 Å². The first-order chi connectivity index (χ1) is 26.1. The third kappa shape index (κ3) is 7.11. The molecule has 2 N–H and O–H groups in total. The van der Waals surface area contributed by atoms with E-state index in [2.05, 4.69) is 63.6 Å². The average molecular weight is 731 g/mol. The highest BCUT2D eigenvalue weighted by atomic mass is 16.5. The quantitative estimate of drug-likeness (QED) is 0.208. The van der Waals surface area contributed by atoms with Crippen LogP contribution in [0.1, 0.15) is 77.1 Å². The summed E-state index contributed by atoms with van der Waals surface area (Å²) < 4.78 is 17.8. The minimum atomic E-state index is -0.986. The van der Waals surface area contributed by atoms with Gasteiger partial charge in [0.05, 0.1) is 30.0 Å². The van der Waals surface area contributed by atoms with Crippen LogP contribution in [0.3, 0.4) is 0 Å². The number of benzene rings is 3. The van der Waals surface area contributed by atoms with E-state index in [0.717, 1.165) is 64.8 Å². The highest BCUT2D eigenvalue weighted by Gasteiger charge is 2.45. The van der Waals surface area contributed by atoms with E-state index in [9.17, 15) is 19.2 Å². The summed E-state index contributed by atoms with van der Waals surface area (Å²) in [6.07, 6.45) is 3.58. The molecule has 1 aliphatic carbocycles. The molecule has 3 fully saturated rings. The molecule has 1 aromatic heterocycles. The van der Waals surface area contributed by atoms with Crippen LogP contribution in [0.15, 0.2) is 79.0 Å². The number of carbonyl (C=O) groups excluding carboxylic acids is 4. The summed E-state index contributed by atoms with van der Waals surface area (Å²) in [5.74, 6) is 0.226. The Kier molecular flexibility index (Phi) is 9.49. The summed E-state index contributed by atoms with van der Waals surface area (Å²) in [6.45, 7) is 7.67. The Hall–Kier alpha value is -5.82. The van der Waals surface area contributed by atoms with Crippen LogP contribution in [-0.4, -0.2) is 83.0 Å². The van der Waals surface area contributed by atoms with Gasteiger partial charge in [-0.1, -0.05) is 38.1 Å². The summed E-state index contributed by atoms with van der Waals surface area (Å²) in [5, 5.41) is 5.67. The molecular weight excluding hydrogens is 688 g/mol. The molecule has 4 aliphatic rings. The first-order valence-electron chi connectivity index (χ1n) is 18.4. The number of piperidine rings is 1. The zero-order chi connectivity index (χ0) is 37.4. The van der Waals surface area contributed by atoms with Crippen LogP contribution < -0.4 is 25.0 Å². The molecule has 4 heterocycles. The molecule has 278 valence electrons. The maximum Gasteiger partial charge on any atom is 0.262 e. The number of nitrogens with zero attached hydrogens (tertiary/aromatic N) is 4. The lowest BCUT2D eigenvalue weighted by Crippen LogP contribution is -2.54. The normalized spacial score (nSPS) is 21.3. The van der Waals surface area contributed by atoms with Crippen LogP contribution >= 0.6 is 0 Å². The minimum Gasteiger partial charge on any atom is -0.490 e. The second kappa shape index (κ2) is 14.5. The molecular formula is C41H42N6O7. The molecule has 1 atom stereocenters. The smallest absolute Gasteiger partial charge is 0.262 e. The van der Waals surface area contributed by atoms with Gasteiger partial charge < -0.3 is 24.4 Å². The van der Waals surface area contributed by atoms with Crippen molar-refractivity contribution in [2.24, 2.45) is 0 Å². The van der Waals surface area contributed by atoms with Crippen LogP contribution in [0.4, 0.5) is 11.6 Å². The van der Waals surface area contributed by atoms with Gasteiger partial charge in [0.2, 0.25) is 17.8 Å². The fourth-order valence-corrected chi connectivity index (χ4v) is 7.39. The standard InChI is InChI=1S/C41H42N6O7/c1-41(2,25-3-8-30(9-4-25)53-24-28-15-16-42-40(44-28)46-17-19-52-20-18-46)26-5-10-31(11-6-26)54-32-21-29(22-32)43-27-7-12-33-34(23-27)39(51)47(38(33)50)35-13-14-36(48)45-37(35)49/h3-12,15-16,23,29,32,35,43H,13-14,17-22,24H2,1-2H3,(H,45,48,49)/t29-,32-,35?. The number of aromatic nitrogens is 2. The van der Waals surface area contributed by atoms with Crippen molar-refractivity contribution < 1.29 is 33.4 Å². The number of anilines is 2. The number of morpholine rings is 1. The lowest BCUT2D eigenvalue weighted by Gasteiger charge is -2.36. The van der Waals surface area contributed by atoms with Crippen LogP contribution in [0.5, 0.6) is 11.5 Å². The summed E-state index contributed by atoms with van der Waals surface area (Å²) >= 11 is 0. The van der Waals surface area contributed by atoms with Crippen molar-refractivity contribution in [2.75, 3.05) is 36.5 Å². The lowest BCUT2D eigenvalue weighted by atomic mass is 9.78. The van der Waals surface area contributed by atoms with Crippen LogP contribution in [0, 0.1) is 0 Å². The van der Waals surface area contributed by atoms with E-state index in [0.29, 0.717) is 25.8 Å². The number of hydrogen-bond donors (Lipinski definition) is 2. The van der Waals surface area contributed by atoms with Crippen molar-refractivity contribution in [1.29, 1.82) is 0 Å². The molecule has 3 aromatic carbocycles. The van der Waals surface area contributed by atoms with Gasteiger partial charge in [0, 0.05) is 55.7 Å².